The summed E-state index contributed by atoms with van der Waals surface area (Å²) in [7, 11) is 0. The number of nitrogens with one attached hydrogen (secondary N) is 1. The van der Waals surface area contributed by atoms with Gasteiger partial charge in [0.2, 0.25) is 0 Å². The summed E-state index contributed by atoms with van der Waals surface area (Å²) in [5.41, 5.74) is 0. The van der Waals surface area contributed by atoms with Gasteiger partial charge in [-0.05, 0) is 25.8 Å². The Morgan fingerprint density at radius 3 is 2.59 bits per heavy atom. The van der Waals surface area contributed by atoms with Crippen LogP contribution in [0.15, 0.2) is 0 Å². The highest BCUT2D eigenvalue weighted by atomic mass is 32.2. The standard InChI is InChI=1S/C13H25N3S/c1-2-13(1)16-8-6-15(7-9-16)5-3-12-11-17-10-4-14-12/h12-14H,1-11H2. The normalized spacial score (nSPS) is 32.8. The molecule has 2 heterocycles. The smallest absolute Gasteiger partial charge is 0.0170 e. The Balaban J connectivity index is 1.32. The first-order chi connectivity index (χ1) is 8.42. The Morgan fingerprint density at radius 2 is 1.94 bits per heavy atom. The molecule has 0 radical (unpaired) electrons. The van der Waals surface area contributed by atoms with Crippen molar-refractivity contribution in [3.63, 3.8) is 0 Å². The fourth-order valence-electron chi connectivity index (χ4n) is 2.94. The number of hydrogen-bond acceptors (Lipinski definition) is 4. The van der Waals surface area contributed by atoms with Gasteiger partial charge in [0, 0.05) is 56.3 Å². The van der Waals surface area contributed by atoms with Crippen LogP contribution in [0.25, 0.3) is 0 Å². The van der Waals surface area contributed by atoms with Crippen molar-refractivity contribution < 1.29 is 0 Å². The predicted molar refractivity (Wildman–Crippen MR) is 74.8 cm³/mol. The van der Waals surface area contributed by atoms with E-state index in [4.69, 9.17) is 0 Å². The molecular weight excluding hydrogens is 230 g/mol. The van der Waals surface area contributed by atoms with Gasteiger partial charge >= 0.3 is 0 Å². The summed E-state index contributed by atoms with van der Waals surface area (Å²) in [6.07, 6.45) is 4.27. The quantitative estimate of drug-likeness (QED) is 0.803. The van der Waals surface area contributed by atoms with Gasteiger partial charge in [-0.2, -0.15) is 11.8 Å². The summed E-state index contributed by atoms with van der Waals surface area (Å²) in [6, 6.07) is 1.74. The molecule has 3 aliphatic rings. The minimum absolute atomic E-state index is 0.773. The van der Waals surface area contributed by atoms with E-state index in [1.54, 1.807) is 0 Å². The van der Waals surface area contributed by atoms with Crippen LogP contribution in [0.3, 0.4) is 0 Å². The van der Waals surface area contributed by atoms with Crippen molar-refractivity contribution in [1.82, 2.24) is 15.1 Å². The lowest BCUT2D eigenvalue weighted by atomic mass is 10.2. The van der Waals surface area contributed by atoms with Crippen molar-refractivity contribution in [2.24, 2.45) is 0 Å². The number of hydrogen-bond donors (Lipinski definition) is 1. The number of thioether (sulfide) groups is 1. The van der Waals surface area contributed by atoms with Gasteiger partial charge in [-0.25, -0.2) is 0 Å². The maximum atomic E-state index is 3.64. The van der Waals surface area contributed by atoms with Gasteiger partial charge in [-0.1, -0.05) is 0 Å². The van der Waals surface area contributed by atoms with E-state index in [9.17, 15) is 0 Å². The van der Waals surface area contributed by atoms with Gasteiger partial charge in [0.15, 0.2) is 0 Å². The zero-order valence-electron chi connectivity index (χ0n) is 10.7. The molecule has 4 heteroatoms. The molecule has 2 aliphatic heterocycles. The lowest BCUT2D eigenvalue weighted by Crippen LogP contribution is -2.48. The van der Waals surface area contributed by atoms with Crippen LogP contribution in [0, 0.1) is 0 Å². The van der Waals surface area contributed by atoms with E-state index in [2.05, 4.69) is 26.9 Å². The third-order valence-electron chi connectivity index (χ3n) is 4.26. The third-order valence-corrected chi connectivity index (χ3v) is 5.39. The van der Waals surface area contributed by atoms with Crippen molar-refractivity contribution >= 4 is 11.8 Å². The molecule has 0 aromatic carbocycles. The molecular formula is C13H25N3S. The Bertz CT molecular complexity index is 231. The molecule has 0 spiro atoms. The minimum atomic E-state index is 0.773. The lowest BCUT2D eigenvalue weighted by Gasteiger charge is -2.35. The van der Waals surface area contributed by atoms with Crippen LogP contribution in [0.2, 0.25) is 0 Å². The molecule has 3 rings (SSSR count). The van der Waals surface area contributed by atoms with E-state index in [1.807, 2.05) is 0 Å². The van der Waals surface area contributed by atoms with Crippen molar-refractivity contribution in [3.05, 3.63) is 0 Å². The van der Waals surface area contributed by atoms with Crippen LogP contribution >= 0.6 is 11.8 Å². The van der Waals surface area contributed by atoms with Crippen LogP contribution in [-0.2, 0) is 0 Å². The summed E-state index contributed by atoms with van der Waals surface area (Å²) >= 11 is 2.11. The van der Waals surface area contributed by atoms with Gasteiger partial charge < -0.3 is 10.2 Å². The fraction of sp³-hybridized carbons (Fsp3) is 1.00. The van der Waals surface area contributed by atoms with Crippen LogP contribution < -0.4 is 5.32 Å². The first-order valence-corrected chi connectivity index (χ1v) is 8.35. The van der Waals surface area contributed by atoms with Crippen molar-refractivity contribution in [3.8, 4) is 0 Å². The van der Waals surface area contributed by atoms with E-state index in [0.29, 0.717) is 0 Å². The summed E-state index contributed by atoms with van der Waals surface area (Å²) in [5.74, 6) is 2.62. The SMILES string of the molecule is C1CSCC(CCN2CCN(C3CC3)CC2)N1. The van der Waals surface area contributed by atoms with Gasteiger partial charge in [0.05, 0.1) is 0 Å². The Labute approximate surface area is 109 Å². The second-order valence-corrected chi connectivity index (χ2v) is 6.77. The van der Waals surface area contributed by atoms with Crippen molar-refractivity contribution in [1.29, 1.82) is 0 Å². The monoisotopic (exact) mass is 255 g/mol. The second kappa shape index (κ2) is 5.91. The molecule has 2 saturated heterocycles. The van der Waals surface area contributed by atoms with Crippen LogP contribution in [-0.4, -0.2) is 72.7 Å². The molecule has 0 aromatic rings. The summed E-state index contributed by atoms with van der Waals surface area (Å²) < 4.78 is 0. The molecule has 1 unspecified atom stereocenters. The second-order valence-electron chi connectivity index (χ2n) is 5.62. The van der Waals surface area contributed by atoms with E-state index in [1.165, 1.54) is 70.0 Å². The van der Waals surface area contributed by atoms with Crippen LogP contribution in [0.5, 0.6) is 0 Å². The van der Waals surface area contributed by atoms with E-state index in [-0.39, 0.29) is 0 Å². The molecule has 1 saturated carbocycles. The highest BCUT2D eigenvalue weighted by Gasteiger charge is 2.31. The van der Waals surface area contributed by atoms with Crippen LogP contribution in [0.4, 0.5) is 0 Å². The molecule has 17 heavy (non-hydrogen) atoms. The van der Waals surface area contributed by atoms with Crippen molar-refractivity contribution in [2.75, 3.05) is 50.8 Å². The van der Waals surface area contributed by atoms with Gasteiger partial charge in [-0.15, -0.1) is 0 Å². The third kappa shape index (κ3) is 3.60. The van der Waals surface area contributed by atoms with Gasteiger partial charge in [0.25, 0.3) is 0 Å². The first kappa shape index (κ1) is 12.3. The molecule has 3 fully saturated rings. The summed E-state index contributed by atoms with van der Waals surface area (Å²) in [6.45, 7) is 7.75. The summed E-state index contributed by atoms with van der Waals surface area (Å²) in [5, 5.41) is 3.64. The molecule has 0 amide bonds. The highest BCUT2D eigenvalue weighted by molar-refractivity contribution is 7.99. The Kier molecular flexibility index (Phi) is 4.27. The molecule has 1 atom stereocenters. The van der Waals surface area contributed by atoms with Crippen molar-refractivity contribution in [2.45, 2.75) is 31.3 Å². The maximum absolute atomic E-state index is 3.64. The van der Waals surface area contributed by atoms with Crippen LogP contribution in [0.1, 0.15) is 19.3 Å². The van der Waals surface area contributed by atoms with Gasteiger partial charge in [0.1, 0.15) is 0 Å². The average molecular weight is 255 g/mol. The largest absolute Gasteiger partial charge is 0.312 e. The Morgan fingerprint density at radius 1 is 1.12 bits per heavy atom. The molecule has 3 nitrogen and oxygen atoms in total. The Hall–Kier alpha value is 0.230. The molecule has 98 valence electrons. The van der Waals surface area contributed by atoms with Gasteiger partial charge in [-0.3, -0.25) is 4.90 Å². The number of piperazine rings is 1. The van der Waals surface area contributed by atoms with E-state index < -0.39 is 0 Å². The summed E-state index contributed by atoms with van der Waals surface area (Å²) in [4.78, 5) is 5.37. The zero-order valence-corrected chi connectivity index (χ0v) is 11.6. The zero-order chi connectivity index (χ0) is 11.5. The lowest BCUT2D eigenvalue weighted by molar-refractivity contribution is 0.123. The predicted octanol–water partition coefficient (Wildman–Crippen LogP) is 0.861. The minimum Gasteiger partial charge on any atom is -0.312 e. The average Bonchev–Trinajstić information content (AvgIpc) is 3.23. The molecule has 1 aliphatic carbocycles. The highest BCUT2D eigenvalue weighted by Crippen LogP contribution is 2.27. The number of rotatable bonds is 4. The topological polar surface area (TPSA) is 18.5 Å². The fourth-order valence-corrected chi connectivity index (χ4v) is 3.93. The van der Waals surface area contributed by atoms with E-state index in [0.717, 1.165) is 12.1 Å². The van der Waals surface area contributed by atoms with E-state index >= 15 is 0 Å². The molecule has 0 bridgehead atoms. The number of nitrogens with zero attached hydrogens (tertiary/aromatic N) is 2. The first-order valence-electron chi connectivity index (χ1n) is 7.19. The molecule has 1 N–H and O–H groups in total. The molecule has 0 aromatic heterocycles. The maximum Gasteiger partial charge on any atom is 0.0170 e.